The predicted octanol–water partition coefficient (Wildman–Crippen LogP) is 3.45. The molecular weight excluding hydrogens is 294 g/mol. The second-order valence-corrected chi connectivity index (χ2v) is 7.51. The van der Waals surface area contributed by atoms with E-state index in [1.807, 2.05) is 11.8 Å². The van der Waals surface area contributed by atoms with Gasteiger partial charge in [0.1, 0.15) is 10.7 Å². The van der Waals surface area contributed by atoms with Crippen molar-refractivity contribution in [3.05, 3.63) is 11.8 Å². The number of rotatable bonds is 6. The van der Waals surface area contributed by atoms with Gasteiger partial charge >= 0.3 is 0 Å². The Morgan fingerprint density at radius 1 is 1.53 bits per heavy atom. The first-order valence-electron chi connectivity index (χ1n) is 6.68. The average molecular weight is 316 g/mol. The fraction of sp³-hybridized carbons (Fsp3) is 0.692. The summed E-state index contributed by atoms with van der Waals surface area (Å²) in [5.74, 6) is 1.10. The van der Waals surface area contributed by atoms with Crippen LogP contribution in [0.4, 0.5) is 0 Å². The van der Waals surface area contributed by atoms with E-state index in [1.165, 1.54) is 23.7 Å². The van der Waals surface area contributed by atoms with Crippen LogP contribution >= 0.6 is 36.1 Å². The lowest BCUT2D eigenvalue weighted by Crippen LogP contribution is -2.25. The third kappa shape index (κ3) is 4.77. The molecule has 0 aromatic carbocycles. The number of nitrogens with zero attached hydrogens (tertiary/aromatic N) is 3. The van der Waals surface area contributed by atoms with Gasteiger partial charge in [0.05, 0.1) is 11.7 Å². The normalized spacial score (nSPS) is 18.4. The van der Waals surface area contributed by atoms with Crippen molar-refractivity contribution in [1.82, 2.24) is 13.6 Å². The lowest BCUT2D eigenvalue weighted by atomic mass is 10.1. The van der Waals surface area contributed by atoms with Crippen LogP contribution in [-0.2, 0) is 0 Å². The molecule has 0 N–H and O–H groups in total. The van der Waals surface area contributed by atoms with Gasteiger partial charge in [0.15, 0.2) is 0 Å². The highest BCUT2D eigenvalue weighted by atomic mass is 32.2. The molecule has 1 aromatic heterocycles. The van der Waals surface area contributed by atoms with Crippen LogP contribution in [0.15, 0.2) is 11.1 Å². The summed E-state index contributed by atoms with van der Waals surface area (Å²) < 4.78 is 8.94. The minimum atomic E-state index is 0.489. The summed E-state index contributed by atoms with van der Waals surface area (Å²) in [7, 11) is 2.16. The van der Waals surface area contributed by atoms with Crippen LogP contribution in [0, 0.1) is 0 Å². The standard InChI is InChI=1S/C13H21N3S3/c1-10(17)5-4-8-18-13-12(14-19-15-13)11-6-3-7-16(2)9-11/h6,10,17H,3-5,7-9H2,1-2H3. The van der Waals surface area contributed by atoms with E-state index in [2.05, 4.69) is 46.3 Å². The Labute approximate surface area is 129 Å². The van der Waals surface area contributed by atoms with E-state index in [0.717, 1.165) is 42.4 Å². The molecule has 2 rings (SSSR count). The Hall–Kier alpha value is -0.0400. The molecule has 0 bridgehead atoms. The van der Waals surface area contributed by atoms with Gasteiger partial charge in [-0.25, -0.2) is 0 Å². The second kappa shape index (κ2) is 7.67. The van der Waals surface area contributed by atoms with Gasteiger partial charge in [-0.3, -0.25) is 0 Å². The van der Waals surface area contributed by atoms with Crippen LogP contribution in [0.25, 0.3) is 5.57 Å². The number of aromatic nitrogens is 2. The molecule has 0 saturated carbocycles. The van der Waals surface area contributed by atoms with Crippen molar-refractivity contribution >= 4 is 41.7 Å². The first kappa shape index (κ1) is 15.4. The van der Waals surface area contributed by atoms with E-state index in [1.54, 1.807) is 0 Å². The Kier molecular flexibility index (Phi) is 6.19. The average Bonchev–Trinajstić information content (AvgIpc) is 2.83. The summed E-state index contributed by atoms with van der Waals surface area (Å²) in [5, 5.41) is 1.60. The SMILES string of the molecule is CC(S)CCCSc1nsnc1C1=CCCN(C)C1. The molecule has 3 nitrogen and oxygen atoms in total. The van der Waals surface area contributed by atoms with Gasteiger partial charge in [0.2, 0.25) is 0 Å². The summed E-state index contributed by atoms with van der Waals surface area (Å²) in [5.41, 5.74) is 2.45. The molecule has 1 aromatic rings. The quantitative estimate of drug-likeness (QED) is 0.494. The van der Waals surface area contributed by atoms with E-state index in [0.29, 0.717) is 5.25 Å². The summed E-state index contributed by atoms with van der Waals surface area (Å²) >= 11 is 7.57. The molecule has 2 heterocycles. The monoisotopic (exact) mass is 315 g/mol. The maximum Gasteiger partial charge on any atom is 0.138 e. The summed E-state index contributed by atoms with van der Waals surface area (Å²) in [6.07, 6.45) is 5.78. The fourth-order valence-electron chi connectivity index (χ4n) is 2.08. The minimum absolute atomic E-state index is 0.489. The van der Waals surface area contributed by atoms with E-state index < -0.39 is 0 Å². The molecule has 0 fully saturated rings. The van der Waals surface area contributed by atoms with Gasteiger partial charge in [-0.1, -0.05) is 13.0 Å². The van der Waals surface area contributed by atoms with Gasteiger partial charge in [0.25, 0.3) is 0 Å². The highest BCUT2D eigenvalue weighted by molar-refractivity contribution is 7.99. The van der Waals surface area contributed by atoms with Crippen LogP contribution in [0.2, 0.25) is 0 Å². The molecule has 0 amide bonds. The Balaban J connectivity index is 1.92. The minimum Gasteiger partial charge on any atom is -0.302 e. The van der Waals surface area contributed by atoms with Gasteiger partial charge in [-0.2, -0.15) is 21.4 Å². The highest BCUT2D eigenvalue weighted by Gasteiger charge is 2.17. The van der Waals surface area contributed by atoms with Crippen LogP contribution in [0.3, 0.4) is 0 Å². The molecular formula is C13H21N3S3. The zero-order valence-electron chi connectivity index (χ0n) is 11.5. The zero-order valence-corrected chi connectivity index (χ0v) is 14.0. The Morgan fingerprint density at radius 3 is 3.11 bits per heavy atom. The Bertz CT molecular complexity index is 429. The number of thiol groups is 1. The third-order valence-electron chi connectivity index (χ3n) is 3.11. The van der Waals surface area contributed by atoms with Crippen molar-refractivity contribution in [3.8, 4) is 0 Å². The number of thioether (sulfide) groups is 1. The molecule has 106 valence electrons. The predicted molar refractivity (Wildman–Crippen MR) is 88.4 cm³/mol. The van der Waals surface area contributed by atoms with E-state index in [4.69, 9.17) is 0 Å². The number of likely N-dealkylation sites (N-methyl/N-ethyl adjacent to an activating group) is 1. The second-order valence-electron chi connectivity index (χ2n) is 5.01. The topological polar surface area (TPSA) is 29.0 Å². The van der Waals surface area contributed by atoms with Crippen LogP contribution in [0.1, 0.15) is 31.9 Å². The van der Waals surface area contributed by atoms with E-state index in [-0.39, 0.29) is 0 Å². The summed E-state index contributed by atoms with van der Waals surface area (Å²) in [4.78, 5) is 2.34. The van der Waals surface area contributed by atoms with E-state index in [9.17, 15) is 0 Å². The molecule has 19 heavy (non-hydrogen) atoms. The third-order valence-corrected chi connectivity index (χ3v) is 5.06. The van der Waals surface area contributed by atoms with Crippen molar-refractivity contribution in [3.63, 3.8) is 0 Å². The van der Waals surface area contributed by atoms with Crippen molar-refractivity contribution < 1.29 is 0 Å². The molecule has 1 unspecified atom stereocenters. The van der Waals surface area contributed by atoms with Crippen LogP contribution < -0.4 is 0 Å². The smallest absolute Gasteiger partial charge is 0.138 e. The van der Waals surface area contributed by atoms with E-state index >= 15 is 0 Å². The summed E-state index contributed by atoms with van der Waals surface area (Å²) in [6, 6.07) is 0. The summed E-state index contributed by atoms with van der Waals surface area (Å²) in [6.45, 7) is 4.28. The zero-order chi connectivity index (χ0) is 13.7. The number of hydrogen-bond acceptors (Lipinski definition) is 6. The maximum absolute atomic E-state index is 4.49. The molecule has 1 atom stereocenters. The molecule has 0 saturated heterocycles. The van der Waals surface area contributed by atoms with Crippen molar-refractivity contribution in [2.75, 3.05) is 25.9 Å². The lowest BCUT2D eigenvalue weighted by Gasteiger charge is -2.22. The largest absolute Gasteiger partial charge is 0.302 e. The van der Waals surface area contributed by atoms with Gasteiger partial charge in [0, 0.05) is 13.1 Å². The van der Waals surface area contributed by atoms with Crippen molar-refractivity contribution in [2.24, 2.45) is 0 Å². The maximum atomic E-state index is 4.49. The van der Waals surface area contributed by atoms with Gasteiger partial charge in [-0.05, 0) is 42.9 Å². The number of hydrogen-bond donors (Lipinski definition) is 1. The lowest BCUT2D eigenvalue weighted by molar-refractivity contribution is 0.372. The first-order chi connectivity index (χ1) is 9.16. The van der Waals surface area contributed by atoms with Crippen LogP contribution in [0.5, 0.6) is 0 Å². The highest BCUT2D eigenvalue weighted by Crippen LogP contribution is 2.29. The van der Waals surface area contributed by atoms with Gasteiger partial charge in [-0.15, -0.1) is 11.8 Å². The molecule has 0 aliphatic carbocycles. The van der Waals surface area contributed by atoms with Gasteiger partial charge < -0.3 is 4.90 Å². The Morgan fingerprint density at radius 2 is 2.37 bits per heavy atom. The molecule has 1 aliphatic heterocycles. The molecule has 0 radical (unpaired) electrons. The molecule has 0 spiro atoms. The van der Waals surface area contributed by atoms with Crippen molar-refractivity contribution in [2.45, 2.75) is 36.5 Å². The molecule has 1 aliphatic rings. The first-order valence-corrected chi connectivity index (χ1v) is 8.91. The van der Waals surface area contributed by atoms with Crippen LogP contribution in [-0.4, -0.2) is 44.8 Å². The molecule has 6 heteroatoms. The van der Waals surface area contributed by atoms with Crippen molar-refractivity contribution in [1.29, 1.82) is 0 Å². The fourth-order valence-corrected chi connectivity index (χ4v) is 3.94.